The number of nitrogens with one attached hydrogen (secondary N) is 1. The van der Waals surface area contributed by atoms with Crippen LogP contribution in [0.3, 0.4) is 0 Å². The summed E-state index contributed by atoms with van der Waals surface area (Å²) >= 11 is 5.94. The monoisotopic (exact) mass is 273 g/mol. The first kappa shape index (κ1) is 16.1. The van der Waals surface area contributed by atoms with Crippen LogP contribution in [0.4, 0.5) is 0 Å². The molecule has 17 heavy (non-hydrogen) atoms. The maximum absolute atomic E-state index is 5.94. The Morgan fingerprint density at radius 3 is 2.88 bits per heavy atom. The maximum atomic E-state index is 5.94. The van der Waals surface area contributed by atoms with Gasteiger partial charge in [0.1, 0.15) is 12.4 Å². The molecule has 4 heteroatoms. The van der Waals surface area contributed by atoms with Gasteiger partial charge in [-0.1, -0.05) is 24.4 Å². The highest BCUT2D eigenvalue weighted by Gasteiger charge is 2.03. The van der Waals surface area contributed by atoms with Crippen LogP contribution in [-0.2, 0) is 6.54 Å². The molecule has 0 aromatic heterocycles. The van der Waals surface area contributed by atoms with E-state index in [4.69, 9.17) is 22.8 Å². The summed E-state index contributed by atoms with van der Waals surface area (Å²) in [7, 11) is 0. The summed E-state index contributed by atoms with van der Waals surface area (Å²) < 4.78 is 5.44. The van der Waals surface area contributed by atoms with E-state index in [1.807, 2.05) is 12.1 Å². The van der Waals surface area contributed by atoms with Gasteiger partial charge >= 0.3 is 0 Å². The molecule has 0 bridgehead atoms. The Kier molecular flexibility index (Phi) is 8.71. The van der Waals surface area contributed by atoms with Gasteiger partial charge in [0.15, 0.2) is 0 Å². The summed E-state index contributed by atoms with van der Waals surface area (Å²) in [5, 5.41) is 4.01. The molecular formula is C13H17Cl2NO. The van der Waals surface area contributed by atoms with Crippen LogP contribution in [0.5, 0.6) is 5.75 Å². The van der Waals surface area contributed by atoms with Gasteiger partial charge in [0, 0.05) is 17.1 Å². The van der Waals surface area contributed by atoms with Gasteiger partial charge in [0.2, 0.25) is 0 Å². The van der Waals surface area contributed by atoms with E-state index < -0.39 is 0 Å². The lowest BCUT2D eigenvalue weighted by Gasteiger charge is -2.10. The van der Waals surface area contributed by atoms with Crippen molar-refractivity contribution < 1.29 is 4.74 Å². The van der Waals surface area contributed by atoms with Crippen LogP contribution < -0.4 is 10.1 Å². The van der Waals surface area contributed by atoms with E-state index in [2.05, 4.69) is 18.2 Å². The fraction of sp³-hybridized carbons (Fsp3) is 0.385. The zero-order valence-corrected chi connectivity index (χ0v) is 11.4. The zero-order chi connectivity index (χ0) is 11.8. The molecule has 2 nitrogen and oxygen atoms in total. The van der Waals surface area contributed by atoms with Gasteiger partial charge in [0.05, 0.1) is 0 Å². The predicted molar refractivity (Wildman–Crippen MR) is 75.0 cm³/mol. The number of hydrogen-bond donors (Lipinski definition) is 1. The summed E-state index contributed by atoms with van der Waals surface area (Å²) in [6.45, 7) is 4.12. The Morgan fingerprint density at radius 1 is 1.47 bits per heavy atom. The molecule has 1 rings (SSSR count). The van der Waals surface area contributed by atoms with Crippen LogP contribution >= 0.6 is 24.0 Å². The summed E-state index contributed by atoms with van der Waals surface area (Å²) in [5.41, 5.74) is 1.04. The van der Waals surface area contributed by atoms with Crippen molar-refractivity contribution in [2.75, 3.05) is 13.2 Å². The fourth-order valence-electron chi connectivity index (χ4n) is 1.35. The second-order valence-corrected chi connectivity index (χ2v) is 3.86. The molecule has 0 spiro atoms. The number of halogens is 2. The quantitative estimate of drug-likeness (QED) is 0.635. The first-order valence-electron chi connectivity index (χ1n) is 5.33. The molecule has 0 heterocycles. The van der Waals surface area contributed by atoms with E-state index in [-0.39, 0.29) is 19.0 Å². The van der Waals surface area contributed by atoms with Crippen LogP contribution in [0, 0.1) is 12.3 Å². The molecule has 0 fully saturated rings. The van der Waals surface area contributed by atoms with E-state index >= 15 is 0 Å². The molecule has 0 aliphatic carbocycles. The number of rotatable bonds is 6. The minimum Gasteiger partial charge on any atom is -0.481 e. The number of benzene rings is 1. The largest absolute Gasteiger partial charge is 0.481 e. The third-order valence-electron chi connectivity index (χ3n) is 2.08. The summed E-state index contributed by atoms with van der Waals surface area (Å²) in [5.74, 6) is 3.25. The second kappa shape index (κ2) is 9.18. The minimum absolute atomic E-state index is 0. The van der Waals surface area contributed by atoms with Crippen LogP contribution in [0.1, 0.15) is 18.9 Å². The Hall–Kier alpha value is -0.880. The van der Waals surface area contributed by atoms with Gasteiger partial charge in [-0.2, -0.15) is 0 Å². The molecule has 0 atom stereocenters. The van der Waals surface area contributed by atoms with E-state index in [1.165, 1.54) is 0 Å². The zero-order valence-electron chi connectivity index (χ0n) is 9.83. The summed E-state index contributed by atoms with van der Waals surface area (Å²) in [6, 6.07) is 5.55. The molecule has 0 unspecified atom stereocenters. The molecule has 0 saturated heterocycles. The van der Waals surface area contributed by atoms with Crippen LogP contribution in [0.2, 0.25) is 5.02 Å². The SMILES string of the molecule is C#CCOc1ccc(Cl)cc1CNCCC.Cl. The van der Waals surface area contributed by atoms with Gasteiger partial charge in [-0.05, 0) is 31.2 Å². The first-order chi connectivity index (χ1) is 7.77. The average molecular weight is 274 g/mol. The topological polar surface area (TPSA) is 21.3 Å². The third kappa shape index (κ3) is 5.83. The molecule has 94 valence electrons. The van der Waals surface area contributed by atoms with Gasteiger partial charge in [-0.15, -0.1) is 18.8 Å². The van der Waals surface area contributed by atoms with Crippen molar-refractivity contribution in [3.8, 4) is 18.1 Å². The molecule has 0 amide bonds. The van der Waals surface area contributed by atoms with Crippen LogP contribution in [-0.4, -0.2) is 13.2 Å². The molecular weight excluding hydrogens is 257 g/mol. The van der Waals surface area contributed by atoms with E-state index in [0.717, 1.165) is 30.8 Å². The Labute approximate surface area is 114 Å². The highest BCUT2D eigenvalue weighted by molar-refractivity contribution is 6.30. The van der Waals surface area contributed by atoms with Crippen molar-refractivity contribution >= 4 is 24.0 Å². The number of ether oxygens (including phenoxy) is 1. The molecule has 1 aromatic rings. The molecule has 0 saturated carbocycles. The Bertz CT molecular complexity index is 374. The smallest absolute Gasteiger partial charge is 0.148 e. The normalized spacial score (nSPS) is 9.24. The van der Waals surface area contributed by atoms with E-state index in [0.29, 0.717) is 5.02 Å². The number of hydrogen-bond acceptors (Lipinski definition) is 2. The van der Waals surface area contributed by atoms with Crippen LogP contribution in [0.15, 0.2) is 18.2 Å². The van der Waals surface area contributed by atoms with Crippen LogP contribution in [0.25, 0.3) is 0 Å². The first-order valence-corrected chi connectivity index (χ1v) is 5.71. The van der Waals surface area contributed by atoms with Gasteiger partial charge in [0.25, 0.3) is 0 Å². The molecule has 0 aliphatic heterocycles. The Balaban J connectivity index is 0.00000256. The lowest BCUT2D eigenvalue weighted by Crippen LogP contribution is -2.14. The highest BCUT2D eigenvalue weighted by Crippen LogP contribution is 2.22. The summed E-state index contributed by atoms with van der Waals surface area (Å²) in [4.78, 5) is 0. The highest BCUT2D eigenvalue weighted by atomic mass is 35.5. The number of terminal acetylenes is 1. The van der Waals surface area contributed by atoms with Gasteiger partial charge in [-0.25, -0.2) is 0 Å². The van der Waals surface area contributed by atoms with Crippen molar-refractivity contribution in [1.82, 2.24) is 5.32 Å². The van der Waals surface area contributed by atoms with Crippen molar-refractivity contribution in [1.29, 1.82) is 0 Å². The van der Waals surface area contributed by atoms with Crippen molar-refractivity contribution in [3.05, 3.63) is 28.8 Å². The third-order valence-corrected chi connectivity index (χ3v) is 2.31. The van der Waals surface area contributed by atoms with Crippen molar-refractivity contribution in [2.24, 2.45) is 0 Å². The molecule has 0 radical (unpaired) electrons. The van der Waals surface area contributed by atoms with E-state index in [9.17, 15) is 0 Å². The lowest BCUT2D eigenvalue weighted by molar-refractivity contribution is 0.365. The molecule has 0 aliphatic rings. The maximum Gasteiger partial charge on any atom is 0.148 e. The van der Waals surface area contributed by atoms with Crippen molar-refractivity contribution in [3.63, 3.8) is 0 Å². The fourth-order valence-corrected chi connectivity index (χ4v) is 1.54. The van der Waals surface area contributed by atoms with E-state index in [1.54, 1.807) is 6.07 Å². The minimum atomic E-state index is 0. The van der Waals surface area contributed by atoms with Gasteiger partial charge in [-0.3, -0.25) is 0 Å². The molecule has 1 N–H and O–H groups in total. The lowest BCUT2D eigenvalue weighted by atomic mass is 10.2. The van der Waals surface area contributed by atoms with Gasteiger partial charge < -0.3 is 10.1 Å². The Morgan fingerprint density at radius 2 is 2.24 bits per heavy atom. The predicted octanol–water partition coefficient (Wildman–Crippen LogP) is 3.27. The average Bonchev–Trinajstić information content (AvgIpc) is 2.28. The molecule has 1 aromatic carbocycles. The standard InChI is InChI=1S/C13H16ClNO.ClH/c1-3-7-15-10-11-9-12(14)5-6-13(11)16-8-4-2;/h2,5-6,9,15H,3,7-8,10H2,1H3;1H. The summed E-state index contributed by atoms with van der Waals surface area (Å²) in [6.07, 6.45) is 6.26. The van der Waals surface area contributed by atoms with Crippen molar-refractivity contribution in [2.45, 2.75) is 19.9 Å². The second-order valence-electron chi connectivity index (χ2n) is 3.42.